The van der Waals surface area contributed by atoms with E-state index < -0.39 is 9.05 Å². The van der Waals surface area contributed by atoms with Crippen LogP contribution >= 0.6 is 22.3 Å². The summed E-state index contributed by atoms with van der Waals surface area (Å²) in [5.41, 5.74) is 0.169. The zero-order valence-electron chi connectivity index (χ0n) is 9.91. The van der Waals surface area contributed by atoms with Gasteiger partial charge in [0.15, 0.2) is 0 Å². The van der Waals surface area contributed by atoms with Crippen molar-refractivity contribution in [3.05, 3.63) is 28.8 Å². The van der Waals surface area contributed by atoms with E-state index in [0.717, 1.165) is 0 Å². The molecule has 0 aliphatic rings. The summed E-state index contributed by atoms with van der Waals surface area (Å²) in [6, 6.07) is 3.79. The van der Waals surface area contributed by atoms with Crippen LogP contribution in [0.1, 0.15) is 24.2 Å². The highest BCUT2D eigenvalue weighted by atomic mass is 35.7. The van der Waals surface area contributed by atoms with Gasteiger partial charge in [-0.1, -0.05) is 25.4 Å². The van der Waals surface area contributed by atoms with Crippen LogP contribution in [-0.2, 0) is 9.05 Å². The number of hydrogen-bond donors (Lipinski definition) is 1. The van der Waals surface area contributed by atoms with Crippen molar-refractivity contribution in [2.75, 3.05) is 6.54 Å². The smallest absolute Gasteiger partial charge is 0.261 e. The van der Waals surface area contributed by atoms with Gasteiger partial charge in [0.05, 0.1) is 4.90 Å². The third kappa shape index (κ3) is 4.48. The quantitative estimate of drug-likeness (QED) is 0.870. The van der Waals surface area contributed by atoms with Crippen molar-refractivity contribution in [3.8, 4) is 0 Å². The molecular weight excluding hydrogens is 297 g/mol. The van der Waals surface area contributed by atoms with Gasteiger partial charge in [-0.25, -0.2) is 8.42 Å². The number of benzene rings is 1. The predicted molar refractivity (Wildman–Crippen MR) is 71.7 cm³/mol. The van der Waals surface area contributed by atoms with Gasteiger partial charge < -0.3 is 5.32 Å². The Morgan fingerprint density at radius 1 is 1.33 bits per heavy atom. The molecule has 0 aromatic heterocycles. The Bertz CT molecular complexity index is 555. The van der Waals surface area contributed by atoms with E-state index in [-0.39, 0.29) is 21.4 Å². The van der Waals surface area contributed by atoms with Gasteiger partial charge in [0.1, 0.15) is 0 Å². The van der Waals surface area contributed by atoms with Gasteiger partial charge in [-0.3, -0.25) is 4.79 Å². The van der Waals surface area contributed by atoms with E-state index in [2.05, 4.69) is 5.32 Å². The molecule has 0 bridgehead atoms. The minimum atomic E-state index is -3.90. The topological polar surface area (TPSA) is 63.2 Å². The summed E-state index contributed by atoms with van der Waals surface area (Å²) in [6.07, 6.45) is 0. The fourth-order valence-electron chi connectivity index (χ4n) is 1.23. The van der Waals surface area contributed by atoms with E-state index in [4.69, 9.17) is 22.3 Å². The lowest BCUT2D eigenvalue weighted by Crippen LogP contribution is -2.27. The Labute approximate surface area is 116 Å². The monoisotopic (exact) mass is 309 g/mol. The van der Waals surface area contributed by atoms with Crippen LogP contribution in [0.3, 0.4) is 0 Å². The highest BCUT2D eigenvalue weighted by Crippen LogP contribution is 2.22. The van der Waals surface area contributed by atoms with E-state index in [1.165, 1.54) is 18.2 Å². The van der Waals surface area contributed by atoms with Crippen molar-refractivity contribution in [2.45, 2.75) is 18.7 Å². The molecule has 1 N–H and O–H groups in total. The molecule has 0 heterocycles. The Balaban J connectivity index is 3.03. The highest BCUT2D eigenvalue weighted by molar-refractivity contribution is 8.13. The number of carbonyl (C=O) groups excluding carboxylic acids is 1. The van der Waals surface area contributed by atoms with Crippen molar-refractivity contribution in [3.63, 3.8) is 0 Å². The zero-order valence-corrected chi connectivity index (χ0v) is 12.2. The summed E-state index contributed by atoms with van der Waals surface area (Å²) >= 11 is 5.76. The highest BCUT2D eigenvalue weighted by Gasteiger charge is 2.15. The normalized spacial score (nSPS) is 11.6. The number of carbonyl (C=O) groups is 1. The van der Waals surface area contributed by atoms with Crippen molar-refractivity contribution in [2.24, 2.45) is 5.92 Å². The van der Waals surface area contributed by atoms with E-state index in [0.29, 0.717) is 12.5 Å². The first-order chi connectivity index (χ1) is 8.20. The fourth-order valence-corrected chi connectivity index (χ4v) is 2.34. The van der Waals surface area contributed by atoms with Crippen LogP contribution in [-0.4, -0.2) is 20.9 Å². The summed E-state index contributed by atoms with van der Waals surface area (Å²) in [5, 5.41) is 2.81. The lowest BCUT2D eigenvalue weighted by atomic mass is 10.2. The Kier molecular flexibility index (Phi) is 5.01. The van der Waals surface area contributed by atoms with Crippen molar-refractivity contribution < 1.29 is 13.2 Å². The molecule has 0 saturated heterocycles. The lowest BCUT2D eigenvalue weighted by molar-refractivity contribution is 0.0949. The van der Waals surface area contributed by atoms with E-state index in [9.17, 15) is 13.2 Å². The molecule has 0 spiro atoms. The number of halogens is 2. The molecular formula is C11H13Cl2NO3S. The van der Waals surface area contributed by atoms with Gasteiger partial charge in [0, 0.05) is 27.8 Å². The molecule has 0 atom stereocenters. The fraction of sp³-hybridized carbons (Fsp3) is 0.364. The first kappa shape index (κ1) is 15.3. The zero-order chi connectivity index (χ0) is 13.9. The largest absolute Gasteiger partial charge is 0.352 e. The number of nitrogens with one attached hydrogen (secondary N) is 1. The second-order valence-electron chi connectivity index (χ2n) is 4.22. The number of hydrogen-bond acceptors (Lipinski definition) is 3. The number of rotatable bonds is 4. The van der Waals surface area contributed by atoms with Gasteiger partial charge in [0.25, 0.3) is 15.0 Å². The molecule has 0 aliphatic heterocycles. The molecule has 0 saturated carbocycles. The molecule has 1 aromatic rings. The second-order valence-corrected chi connectivity index (χ2v) is 7.22. The van der Waals surface area contributed by atoms with E-state index >= 15 is 0 Å². The first-order valence-electron chi connectivity index (χ1n) is 5.23. The maximum absolute atomic E-state index is 11.8. The molecule has 0 radical (unpaired) electrons. The first-order valence-corrected chi connectivity index (χ1v) is 7.92. The molecule has 1 rings (SSSR count). The van der Waals surface area contributed by atoms with Gasteiger partial charge in [-0.05, 0) is 24.1 Å². The standard InChI is InChI=1S/C11H13Cl2NO3S/c1-7(2)6-14-11(15)8-3-9(12)5-10(4-8)18(13,16)17/h3-5,7H,6H2,1-2H3,(H,14,15). The van der Waals surface area contributed by atoms with Crippen LogP contribution in [0.4, 0.5) is 0 Å². The average molecular weight is 310 g/mol. The predicted octanol–water partition coefficient (Wildman–Crippen LogP) is 2.65. The van der Waals surface area contributed by atoms with Crippen LogP contribution in [0.5, 0.6) is 0 Å². The second kappa shape index (κ2) is 5.91. The third-order valence-corrected chi connectivity index (χ3v) is 3.64. The van der Waals surface area contributed by atoms with Crippen LogP contribution in [0.25, 0.3) is 0 Å². The summed E-state index contributed by atoms with van der Waals surface area (Å²) in [5.74, 6) is -0.0860. The average Bonchev–Trinajstić information content (AvgIpc) is 2.23. The SMILES string of the molecule is CC(C)CNC(=O)c1cc(Cl)cc(S(=O)(=O)Cl)c1. The van der Waals surface area contributed by atoms with Crippen molar-refractivity contribution in [1.82, 2.24) is 5.32 Å². The van der Waals surface area contributed by atoms with Crippen LogP contribution in [0, 0.1) is 5.92 Å². The van der Waals surface area contributed by atoms with Crippen molar-refractivity contribution in [1.29, 1.82) is 0 Å². The Morgan fingerprint density at radius 2 is 1.94 bits per heavy atom. The van der Waals surface area contributed by atoms with E-state index in [1.807, 2.05) is 13.8 Å². The van der Waals surface area contributed by atoms with Gasteiger partial charge in [-0.15, -0.1) is 0 Å². The minimum Gasteiger partial charge on any atom is -0.352 e. The Morgan fingerprint density at radius 3 is 2.44 bits per heavy atom. The molecule has 1 amide bonds. The Hall–Kier alpha value is -0.780. The molecule has 0 aliphatic carbocycles. The van der Waals surface area contributed by atoms with E-state index in [1.54, 1.807) is 0 Å². The molecule has 4 nitrogen and oxygen atoms in total. The molecule has 1 aromatic carbocycles. The molecule has 7 heteroatoms. The maximum Gasteiger partial charge on any atom is 0.261 e. The van der Waals surface area contributed by atoms with Crippen molar-refractivity contribution >= 4 is 37.2 Å². The minimum absolute atomic E-state index is 0.145. The van der Waals surface area contributed by atoms with Crippen LogP contribution in [0.15, 0.2) is 23.1 Å². The van der Waals surface area contributed by atoms with Crippen LogP contribution in [0.2, 0.25) is 5.02 Å². The van der Waals surface area contributed by atoms with Gasteiger partial charge in [0.2, 0.25) is 0 Å². The molecule has 18 heavy (non-hydrogen) atoms. The van der Waals surface area contributed by atoms with Gasteiger partial charge >= 0.3 is 0 Å². The van der Waals surface area contributed by atoms with Crippen LogP contribution < -0.4 is 5.32 Å². The summed E-state index contributed by atoms with van der Waals surface area (Å²) in [4.78, 5) is 11.6. The number of amides is 1. The molecule has 0 fully saturated rings. The lowest BCUT2D eigenvalue weighted by Gasteiger charge is -2.08. The molecule has 0 unspecified atom stereocenters. The third-order valence-electron chi connectivity index (χ3n) is 2.09. The summed E-state index contributed by atoms with van der Waals surface area (Å²) in [6.45, 7) is 4.40. The molecule has 100 valence electrons. The summed E-state index contributed by atoms with van der Waals surface area (Å²) < 4.78 is 22.4. The summed E-state index contributed by atoms with van der Waals surface area (Å²) in [7, 11) is 1.31. The van der Waals surface area contributed by atoms with Gasteiger partial charge in [-0.2, -0.15) is 0 Å². The maximum atomic E-state index is 11.8.